The minimum absolute atomic E-state index is 0.00868. The molecular formula is C17H24N4O. The number of piperazine rings is 1. The highest BCUT2D eigenvalue weighted by Gasteiger charge is 2.28. The maximum Gasteiger partial charge on any atom is 0.255 e. The van der Waals surface area contributed by atoms with Gasteiger partial charge in [0, 0.05) is 32.4 Å². The van der Waals surface area contributed by atoms with E-state index in [0.717, 1.165) is 38.3 Å². The average molecular weight is 300 g/mol. The minimum Gasteiger partial charge on any atom is -0.303 e. The first-order valence-electron chi connectivity index (χ1n) is 8.02. The van der Waals surface area contributed by atoms with E-state index >= 15 is 0 Å². The van der Waals surface area contributed by atoms with Crippen LogP contribution in [0.4, 0.5) is 0 Å². The smallest absolute Gasteiger partial charge is 0.255 e. The lowest BCUT2D eigenvalue weighted by atomic mass is 10.1. The van der Waals surface area contributed by atoms with Crippen molar-refractivity contribution in [2.24, 2.45) is 0 Å². The van der Waals surface area contributed by atoms with Crippen molar-refractivity contribution in [3.8, 4) is 0 Å². The Bertz CT molecular complexity index is 523. The first-order chi connectivity index (χ1) is 10.8. The van der Waals surface area contributed by atoms with Crippen molar-refractivity contribution in [2.45, 2.75) is 13.0 Å². The van der Waals surface area contributed by atoms with Crippen molar-refractivity contribution in [1.82, 2.24) is 20.2 Å². The molecule has 0 spiro atoms. The van der Waals surface area contributed by atoms with Crippen LogP contribution in [0.5, 0.6) is 0 Å². The van der Waals surface area contributed by atoms with Crippen molar-refractivity contribution >= 4 is 5.91 Å². The Morgan fingerprint density at radius 1 is 1.14 bits per heavy atom. The van der Waals surface area contributed by atoms with Gasteiger partial charge in [0.2, 0.25) is 0 Å². The largest absolute Gasteiger partial charge is 0.303 e. The van der Waals surface area contributed by atoms with E-state index in [0.29, 0.717) is 6.54 Å². The first kappa shape index (κ1) is 15.1. The summed E-state index contributed by atoms with van der Waals surface area (Å²) in [5, 5.41) is 1.74. The molecule has 1 fully saturated rings. The van der Waals surface area contributed by atoms with Crippen LogP contribution in [0, 0.1) is 0 Å². The molecule has 1 amide bonds. The number of hydrogen-bond acceptors (Lipinski definition) is 4. The number of carbonyl (C=O) groups is 1. The molecule has 1 aromatic carbocycles. The summed E-state index contributed by atoms with van der Waals surface area (Å²) in [7, 11) is 0. The SMILES string of the molecule is CCN1CCN(CC(=O)N2NC=C[C@@H]2c2ccccc2)CC1. The third-order valence-corrected chi connectivity index (χ3v) is 4.45. The fourth-order valence-electron chi connectivity index (χ4n) is 3.05. The molecule has 118 valence electrons. The van der Waals surface area contributed by atoms with E-state index in [2.05, 4.69) is 34.3 Å². The molecule has 22 heavy (non-hydrogen) atoms. The molecule has 1 saturated heterocycles. The number of benzene rings is 1. The zero-order valence-corrected chi connectivity index (χ0v) is 13.1. The monoisotopic (exact) mass is 300 g/mol. The molecule has 0 saturated carbocycles. The average Bonchev–Trinajstić information content (AvgIpc) is 3.06. The molecular weight excluding hydrogens is 276 g/mol. The molecule has 3 rings (SSSR count). The van der Waals surface area contributed by atoms with Gasteiger partial charge in [-0.15, -0.1) is 0 Å². The maximum atomic E-state index is 12.6. The Morgan fingerprint density at radius 3 is 2.50 bits per heavy atom. The van der Waals surface area contributed by atoms with E-state index in [-0.39, 0.29) is 11.9 Å². The fraction of sp³-hybridized carbons (Fsp3) is 0.471. The van der Waals surface area contributed by atoms with Gasteiger partial charge in [-0.3, -0.25) is 9.69 Å². The normalized spacial score (nSPS) is 22.8. The number of nitrogens with zero attached hydrogens (tertiary/aromatic N) is 3. The van der Waals surface area contributed by atoms with Crippen LogP contribution in [-0.2, 0) is 4.79 Å². The summed E-state index contributed by atoms with van der Waals surface area (Å²) in [5.41, 5.74) is 4.21. The Morgan fingerprint density at radius 2 is 1.82 bits per heavy atom. The predicted molar refractivity (Wildman–Crippen MR) is 86.9 cm³/mol. The zero-order valence-electron chi connectivity index (χ0n) is 13.1. The lowest BCUT2D eigenvalue weighted by Crippen LogP contribution is -2.51. The van der Waals surface area contributed by atoms with Gasteiger partial charge >= 0.3 is 0 Å². The fourth-order valence-corrected chi connectivity index (χ4v) is 3.05. The Kier molecular flexibility index (Phi) is 4.75. The van der Waals surface area contributed by atoms with Crippen molar-refractivity contribution < 1.29 is 4.79 Å². The maximum absolute atomic E-state index is 12.6. The lowest BCUT2D eigenvalue weighted by molar-refractivity contribution is -0.136. The summed E-state index contributed by atoms with van der Waals surface area (Å²) in [6.45, 7) is 7.80. The van der Waals surface area contributed by atoms with Crippen molar-refractivity contribution in [2.75, 3.05) is 39.3 Å². The Balaban J connectivity index is 1.58. The molecule has 0 unspecified atom stereocenters. The van der Waals surface area contributed by atoms with Gasteiger partial charge in [-0.2, -0.15) is 0 Å². The number of carbonyl (C=O) groups excluding carboxylic acids is 1. The van der Waals surface area contributed by atoms with Crippen LogP contribution in [0.25, 0.3) is 0 Å². The molecule has 0 bridgehead atoms. The van der Waals surface area contributed by atoms with Crippen molar-refractivity contribution in [1.29, 1.82) is 0 Å². The number of hydrogen-bond donors (Lipinski definition) is 1. The second-order valence-corrected chi connectivity index (χ2v) is 5.82. The van der Waals surface area contributed by atoms with Crippen LogP contribution in [0.1, 0.15) is 18.5 Å². The summed E-state index contributed by atoms with van der Waals surface area (Å²) >= 11 is 0. The topological polar surface area (TPSA) is 38.8 Å². The summed E-state index contributed by atoms with van der Waals surface area (Å²) in [6, 6.07) is 10.1. The molecule has 0 aromatic heterocycles. The summed E-state index contributed by atoms with van der Waals surface area (Å²) in [6.07, 6.45) is 3.88. The van der Waals surface area contributed by atoms with Crippen molar-refractivity contribution in [3.05, 3.63) is 48.2 Å². The molecule has 0 aliphatic carbocycles. The third kappa shape index (κ3) is 3.31. The Hall–Kier alpha value is -1.85. The predicted octanol–water partition coefficient (Wildman–Crippen LogP) is 1.23. The van der Waals surface area contributed by atoms with Gasteiger partial charge in [0.15, 0.2) is 0 Å². The van der Waals surface area contributed by atoms with Gasteiger partial charge in [-0.25, -0.2) is 5.01 Å². The molecule has 1 N–H and O–H groups in total. The second kappa shape index (κ2) is 6.94. The number of hydrazine groups is 1. The quantitative estimate of drug-likeness (QED) is 0.908. The van der Waals surface area contributed by atoms with E-state index in [4.69, 9.17) is 0 Å². The molecule has 5 nitrogen and oxygen atoms in total. The molecule has 0 radical (unpaired) electrons. The molecule has 2 aliphatic rings. The number of likely N-dealkylation sites (N-methyl/N-ethyl adjacent to an activating group) is 1. The van der Waals surface area contributed by atoms with Gasteiger partial charge in [-0.1, -0.05) is 37.3 Å². The molecule has 2 aliphatic heterocycles. The highest BCUT2D eigenvalue weighted by Crippen LogP contribution is 2.24. The molecule has 5 heteroatoms. The van der Waals surface area contributed by atoms with Gasteiger partial charge in [0.1, 0.15) is 0 Å². The zero-order chi connectivity index (χ0) is 15.4. The first-order valence-corrected chi connectivity index (χ1v) is 8.02. The minimum atomic E-state index is -0.00868. The van der Waals surface area contributed by atoms with E-state index in [1.807, 2.05) is 30.5 Å². The number of rotatable bonds is 4. The van der Waals surface area contributed by atoms with Gasteiger partial charge in [0.05, 0.1) is 12.6 Å². The van der Waals surface area contributed by atoms with Gasteiger partial charge in [0.25, 0.3) is 5.91 Å². The Labute approximate surface area is 132 Å². The molecule has 1 atom stereocenters. The van der Waals surface area contributed by atoms with E-state index in [9.17, 15) is 4.79 Å². The van der Waals surface area contributed by atoms with E-state index < -0.39 is 0 Å². The van der Waals surface area contributed by atoms with Crippen LogP contribution in [0.2, 0.25) is 0 Å². The number of amides is 1. The van der Waals surface area contributed by atoms with Crippen molar-refractivity contribution in [3.63, 3.8) is 0 Å². The van der Waals surface area contributed by atoms with Crippen LogP contribution in [-0.4, -0.2) is 60.0 Å². The number of nitrogens with one attached hydrogen (secondary N) is 1. The van der Waals surface area contributed by atoms with Gasteiger partial charge < -0.3 is 10.3 Å². The summed E-state index contributed by atoms with van der Waals surface area (Å²) in [4.78, 5) is 17.3. The second-order valence-electron chi connectivity index (χ2n) is 5.82. The van der Waals surface area contributed by atoms with Gasteiger partial charge in [-0.05, 0) is 18.2 Å². The van der Waals surface area contributed by atoms with Crippen LogP contribution < -0.4 is 5.43 Å². The van der Waals surface area contributed by atoms with E-state index in [1.165, 1.54) is 0 Å². The lowest BCUT2D eigenvalue weighted by Gasteiger charge is -2.35. The van der Waals surface area contributed by atoms with E-state index in [1.54, 1.807) is 5.01 Å². The third-order valence-electron chi connectivity index (χ3n) is 4.45. The highest BCUT2D eigenvalue weighted by molar-refractivity contribution is 5.79. The summed E-state index contributed by atoms with van der Waals surface area (Å²) < 4.78 is 0. The van der Waals surface area contributed by atoms with Crippen LogP contribution in [0.3, 0.4) is 0 Å². The summed E-state index contributed by atoms with van der Waals surface area (Å²) in [5.74, 6) is 0.129. The standard InChI is InChI=1S/C17H24N4O/c1-2-19-10-12-20(13-11-19)14-17(22)21-16(8-9-18-21)15-6-4-3-5-7-15/h3-9,16,18H,2,10-14H2,1H3/t16-/m1/s1. The molecule has 2 heterocycles. The highest BCUT2D eigenvalue weighted by atomic mass is 16.2. The molecule has 1 aromatic rings. The van der Waals surface area contributed by atoms with Crippen LogP contribution in [0.15, 0.2) is 42.6 Å². The van der Waals surface area contributed by atoms with Crippen LogP contribution >= 0.6 is 0 Å².